The molecule has 3 heterocycles. The van der Waals surface area contributed by atoms with E-state index in [2.05, 4.69) is 30.1 Å². The number of likely N-dealkylation sites (tertiary alicyclic amines) is 1. The summed E-state index contributed by atoms with van der Waals surface area (Å²) in [6.45, 7) is 8.64. The van der Waals surface area contributed by atoms with Gasteiger partial charge in [0.05, 0.1) is 12.2 Å². The number of amides is 2. The van der Waals surface area contributed by atoms with Crippen molar-refractivity contribution in [1.29, 1.82) is 0 Å². The van der Waals surface area contributed by atoms with Gasteiger partial charge in [-0.05, 0) is 33.1 Å². The third-order valence-corrected chi connectivity index (χ3v) is 10.3. The zero-order valence-electron chi connectivity index (χ0n) is 22.7. The number of allylic oxidation sites excluding steroid dienone is 1. The Kier molecular flexibility index (Phi) is 8.62. The molecule has 8 nitrogen and oxygen atoms in total. The standard InChI is InChI=1S/C29H40IN4O4/c1-18-13-22(7-8-23(18)25-14-30-25)38-21-9-11-33(12-10-21)27(35)15-32-26-6-4-5-24(26)28(31)29(36)34-16-19(2)37-20(3)17-34/h7-8,13,19-21,25H,4-6,9-12,14-17,31H2,1-3H3/q-1/b28-24-,32-26?/t19-,20+,25?. The van der Waals surface area contributed by atoms with E-state index in [4.69, 9.17) is 15.2 Å². The zero-order valence-corrected chi connectivity index (χ0v) is 24.9. The number of ether oxygens (including phenoxy) is 2. The van der Waals surface area contributed by atoms with Gasteiger partial charge in [-0.15, -0.1) is 0 Å². The molecule has 9 heteroatoms. The Hall–Kier alpha value is -2.14. The summed E-state index contributed by atoms with van der Waals surface area (Å²) >= 11 is 0.400. The molecule has 0 spiro atoms. The maximum absolute atomic E-state index is 13.1. The average Bonchev–Trinajstić information content (AvgIpc) is 3.62. The van der Waals surface area contributed by atoms with Gasteiger partial charge < -0.3 is 15.4 Å². The first-order chi connectivity index (χ1) is 18.3. The molecule has 2 amide bonds. The number of carbonyl (C=O) groups excluding carboxylic acids is 2. The number of morpholine rings is 1. The molecule has 2 N–H and O–H groups in total. The fourth-order valence-corrected chi connectivity index (χ4v) is 7.70. The van der Waals surface area contributed by atoms with Gasteiger partial charge >= 0.3 is 130 Å². The van der Waals surface area contributed by atoms with E-state index in [9.17, 15) is 9.59 Å². The van der Waals surface area contributed by atoms with E-state index in [1.165, 1.54) is 15.6 Å². The van der Waals surface area contributed by atoms with Crippen LogP contribution in [0, 0.1) is 6.92 Å². The van der Waals surface area contributed by atoms with Crippen LogP contribution in [0.15, 0.2) is 34.5 Å². The van der Waals surface area contributed by atoms with E-state index in [1.807, 2.05) is 18.7 Å². The minimum absolute atomic E-state index is 0.0116. The summed E-state index contributed by atoms with van der Waals surface area (Å²) in [6, 6.07) is 6.53. The number of nitrogens with two attached hydrogens (primary N) is 1. The third kappa shape index (κ3) is 6.52. The molecule has 1 unspecified atom stereocenters. The first-order valence-electron chi connectivity index (χ1n) is 13.9. The van der Waals surface area contributed by atoms with Crippen molar-refractivity contribution in [3.05, 3.63) is 40.6 Å². The Balaban J connectivity index is 1.13. The van der Waals surface area contributed by atoms with Crippen molar-refractivity contribution in [2.75, 3.05) is 37.2 Å². The van der Waals surface area contributed by atoms with Crippen molar-refractivity contribution in [3.8, 4) is 5.75 Å². The van der Waals surface area contributed by atoms with E-state index in [-0.39, 0.29) is 42.4 Å². The minimum atomic E-state index is -0.149. The van der Waals surface area contributed by atoms with Crippen molar-refractivity contribution in [2.45, 2.75) is 75.1 Å². The van der Waals surface area contributed by atoms with E-state index >= 15 is 0 Å². The van der Waals surface area contributed by atoms with E-state index in [0.29, 0.717) is 47.4 Å². The quantitative estimate of drug-likeness (QED) is 0.270. The fraction of sp³-hybridized carbons (Fsp3) is 0.621. The number of piperidine rings is 1. The predicted octanol–water partition coefficient (Wildman–Crippen LogP) is -0.0180. The molecule has 0 radical (unpaired) electrons. The molecule has 0 bridgehead atoms. The molecule has 3 atom stereocenters. The number of halogens is 1. The number of hydrogen-bond acceptors (Lipinski definition) is 6. The van der Waals surface area contributed by atoms with Gasteiger partial charge in [-0.2, -0.15) is 0 Å². The number of aliphatic imine (C=N–C) groups is 1. The molecular weight excluding hydrogens is 595 g/mol. The predicted molar refractivity (Wildman–Crippen MR) is 143 cm³/mol. The van der Waals surface area contributed by atoms with Gasteiger partial charge in [0, 0.05) is 24.4 Å². The number of aryl methyl sites for hydroxylation is 1. The van der Waals surface area contributed by atoms with Crippen LogP contribution >= 0.6 is 0 Å². The van der Waals surface area contributed by atoms with Gasteiger partial charge in [-0.1, -0.05) is 0 Å². The summed E-state index contributed by atoms with van der Waals surface area (Å²) in [4.78, 5) is 34.3. The number of nitrogens with zero attached hydrogens (tertiary/aromatic N) is 3. The monoisotopic (exact) mass is 635 g/mol. The van der Waals surface area contributed by atoms with Gasteiger partial charge in [0.2, 0.25) is 0 Å². The maximum atomic E-state index is 13.1. The summed E-state index contributed by atoms with van der Waals surface area (Å²) in [5.74, 6) is 0.814. The second-order valence-electron chi connectivity index (χ2n) is 11.0. The van der Waals surface area contributed by atoms with Crippen LogP contribution in [-0.2, 0) is 14.3 Å². The van der Waals surface area contributed by atoms with Crippen molar-refractivity contribution in [1.82, 2.24) is 9.80 Å². The Bertz CT molecular complexity index is 1110. The van der Waals surface area contributed by atoms with Crippen LogP contribution in [0.5, 0.6) is 5.75 Å². The van der Waals surface area contributed by atoms with Crippen LogP contribution in [0.3, 0.4) is 0 Å². The SMILES string of the molecule is Cc1cc(OC2CCN(C(=O)CN=C3CCC/C3=C(/N)C(=O)N3C[C@@H](C)O[C@@H](C)C3)CC2)ccc1C1C[I-]1. The Labute approximate surface area is 236 Å². The first kappa shape index (κ1) is 27.4. The molecule has 38 heavy (non-hydrogen) atoms. The molecule has 1 aromatic rings. The average molecular weight is 636 g/mol. The van der Waals surface area contributed by atoms with Crippen molar-refractivity contribution in [2.24, 2.45) is 10.7 Å². The Morgan fingerprint density at radius 2 is 1.84 bits per heavy atom. The van der Waals surface area contributed by atoms with Gasteiger partial charge in [0.15, 0.2) is 0 Å². The van der Waals surface area contributed by atoms with Crippen molar-refractivity contribution >= 4 is 17.5 Å². The van der Waals surface area contributed by atoms with Crippen LogP contribution in [0.4, 0.5) is 0 Å². The van der Waals surface area contributed by atoms with Crippen LogP contribution in [-0.4, -0.2) is 82.8 Å². The van der Waals surface area contributed by atoms with Crippen molar-refractivity contribution < 1.29 is 40.3 Å². The van der Waals surface area contributed by atoms with Gasteiger partial charge in [0.1, 0.15) is 5.70 Å². The van der Waals surface area contributed by atoms with E-state index in [0.717, 1.165) is 53.1 Å². The number of hydrogen-bond donors (Lipinski definition) is 1. The summed E-state index contributed by atoms with van der Waals surface area (Å²) in [5, 5.41) is 0. The molecule has 1 saturated carbocycles. The topological polar surface area (TPSA) is 97.5 Å². The Morgan fingerprint density at radius 3 is 2.50 bits per heavy atom. The summed E-state index contributed by atoms with van der Waals surface area (Å²) in [5.41, 5.74) is 11.1. The van der Waals surface area contributed by atoms with Gasteiger partial charge in [-0.3, -0.25) is 9.79 Å². The zero-order chi connectivity index (χ0) is 26.8. The molecule has 4 aliphatic rings. The second kappa shape index (κ2) is 11.9. The van der Waals surface area contributed by atoms with Gasteiger partial charge in [0.25, 0.3) is 5.91 Å². The third-order valence-electron chi connectivity index (χ3n) is 7.84. The van der Waals surface area contributed by atoms with Crippen LogP contribution < -0.4 is 31.7 Å². The van der Waals surface area contributed by atoms with Crippen LogP contribution in [0.1, 0.15) is 61.0 Å². The number of alkyl halides is 2. The van der Waals surface area contributed by atoms with E-state index < -0.39 is 0 Å². The molecule has 0 aromatic heterocycles. The summed E-state index contributed by atoms with van der Waals surface area (Å²) in [7, 11) is 0. The summed E-state index contributed by atoms with van der Waals surface area (Å²) in [6.07, 6.45) is 4.13. The molecule has 1 aliphatic carbocycles. The molecule has 1 aromatic carbocycles. The summed E-state index contributed by atoms with van der Waals surface area (Å²) < 4.78 is 14.3. The fourth-order valence-electron chi connectivity index (χ4n) is 5.80. The number of benzene rings is 1. The molecule has 3 saturated heterocycles. The van der Waals surface area contributed by atoms with Crippen LogP contribution in [0.25, 0.3) is 0 Å². The van der Waals surface area contributed by atoms with Gasteiger partial charge in [-0.25, -0.2) is 0 Å². The van der Waals surface area contributed by atoms with E-state index in [1.54, 1.807) is 4.90 Å². The number of carbonyl (C=O) groups is 2. The van der Waals surface area contributed by atoms with Crippen molar-refractivity contribution in [3.63, 3.8) is 0 Å². The number of rotatable bonds is 6. The van der Waals surface area contributed by atoms with Crippen LogP contribution in [0.2, 0.25) is 0 Å². The second-order valence-corrected chi connectivity index (χ2v) is 14.2. The molecule has 208 valence electrons. The Morgan fingerprint density at radius 1 is 1.13 bits per heavy atom. The first-order valence-corrected chi connectivity index (χ1v) is 16.7. The molecule has 4 fully saturated rings. The molecule has 3 aliphatic heterocycles. The normalized spacial score (nSPS) is 28.7. The molecule has 5 rings (SSSR count). The molecular formula is C29H40IN4O4-.